The lowest BCUT2D eigenvalue weighted by atomic mass is 10.1. The van der Waals surface area contributed by atoms with Gasteiger partial charge in [-0.3, -0.25) is 5.32 Å². The van der Waals surface area contributed by atoms with Gasteiger partial charge in [0.05, 0.1) is 12.2 Å². The third-order valence-corrected chi connectivity index (χ3v) is 4.23. The Bertz CT molecular complexity index is 505. The zero-order valence-electron chi connectivity index (χ0n) is 18.5. The minimum atomic E-state index is -1.65. The molecule has 31 heavy (non-hydrogen) atoms. The van der Waals surface area contributed by atoms with Gasteiger partial charge < -0.3 is 55.1 Å². The number of methoxy groups -OCH3 is 1. The van der Waals surface area contributed by atoms with Crippen molar-refractivity contribution in [2.45, 2.75) is 82.7 Å². The first-order chi connectivity index (χ1) is 14.5. The minimum Gasteiger partial charge on any atom is -0.505 e. The van der Waals surface area contributed by atoms with Crippen molar-refractivity contribution in [1.82, 2.24) is 5.32 Å². The molecule has 0 aliphatic carbocycles. The fraction of sp³-hybridized carbons (Fsp3) is 0.895. The highest BCUT2D eigenvalue weighted by Crippen LogP contribution is 2.18. The van der Waals surface area contributed by atoms with Gasteiger partial charge in [-0.1, -0.05) is 0 Å². The Balaban J connectivity index is 5.15. The van der Waals surface area contributed by atoms with Gasteiger partial charge in [-0.05, 0) is 27.2 Å². The van der Waals surface area contributed by atoms with Crippen molar-refractivity contribution in [2.24, 2.45) is 0 Å². The molecule has 0 aliphatic rings. The lowest BCUT2D eigenvalue weighted by Crippen LogP contribution is -2.47. The van der Waals surface area contributed by atoms with Gasteiger partial charge in [-0.2, -0.15) is 0 Å². The molecule has 186 valence electrons. The predicted molar refractivity (Wildman–Crippen MR) is 109 cm³/mol. The van der Waals surface area contributed by atoms with Gasteiger partial charge >= 0.3 is 0 Å². The van der Waals surface area contributed by atoms with E-state index in [4.69, 9.17) is 24.4 Å². The molecule has 7 atom stereocenters. The lowest BCUT2D eigenvalue weighted by molar-refractivity contribution is -0.235. The summed E-state index contributed by atoms with van der Waals surface area (Å²) in [4.78, 5) is 0. The molecular weight excluding hydrogens is 418 g/mol. The molecule has 0 aromatic carbocycles. The number of nitrogens with one attached hydrogen (secondary N) is 1. The van der Waals surface area contributed by atoms with Crippen LogP contribution in [0.5, 0.6) is 0 Å². The minimum absolute atomic E-state index is 0.155. The summed E-state index contributed by atoms with van der Waals surface area (Å²) in [5, 5.41) is 80.8. The van der Waals surface area contributed by atoms with E-state index in [1.165, 1.54) is 14.0 Å². The highest BCUT2D eigenvalue weighted by atomic mass is 16.7. The van der Waals surface area contributed by atoms with E-state index < -0.39 is 55.4 Å². The van der Waals surface area contributed by atoms with Gasteiger partial charge in [0.15, 0.2) is 24.0 Å². The van der Waals surface area contributed by atoms with Crippen molar-refractivity contribution in [3.05, 3.63) is 11.5 Å². The van der Waals surface area contributed by atoms with E-state index >= 15 is 0 Å². The van der Waals surface area contributed by atoms with Crippen molar-refractivity contribution in [3.8, 4) is 0 Å². The van der Waals surface area contributed by atoms with Gasteiger partial charge in [0.1, 0.15) is 24.9 Å². The van der Waals surface area contributed by atoms with Crippen LogP contribution in [0.1, 0.15) is 33.6 Å². The van der Waals surface area contributed by atoms with Crippen molar-refractivity contribution >= 4 is 0 Å². The zero-order valence-corrected chi connectivity index (χ0v) is 18.5. The normalized spacial score (nSPS) is 19.9. The first kappa shape index (κ1) is 29.9. The number of aliphatic hydroxyl groups excluding tert-OH is 8. The highest BCUT2D eigenvalue weighted by Gasteiger charge is 2.33. The maximum atomic E-state index is 10.3. The fourth-order valence-corrected chi connectivity index (χ4v) is 2.57. The van der Waals surface area contributed by atoms with E-state index in [1.54, 1.807) is 13.8 Å². The molecule has 0 radical (unpaired) electrons. The van der Waals surface area contributed by atoms with Crippen LogP contribution in [0.25, 0.3) is 0 Å². The summed E-state index contributed by atoms with van der Waals surface area (Å²) in [5.74, 6) is -1.02. The molecule has 0 saturated heterocycles. The molecule has 9 N–H and O–H groups in total. The Kier molecular flexibility index (Phi) is 15.2. The van der Waals surface area contributed by atoms with Crippen LogP contribution < -0.4 is 5.32 Å². The lowest BCUT2D eigenvalue weighted by Gasteiger charge is -2.30. The molecule has 0 saturated carbocycles. The van der Waals surface area contributed by atoms with E-state index in [0.717, 1.165) is 0 Å². The van der Waals surface area contributed by atoms with Crippen LogP contribution in [0, 0.1) is 0 Å². The quantitative estimate of drug-likeness (QED) is 0.0834. The van der Waals surface area contributed by atoms with Crippen LogP contribution in [0.15, 0.2) is 11.5 Å². The molecule has 0 rings (SSSR count). The number of ether oxygens (including phenoxy) is 3. The van der Waals surface area contributed by atoms with Crippen LogP contribution in [0.4, 0.5) is 0 Å². The molecule has 0 amide bonds. The summed E-state index contributed by atoms with van der Waals surface area (Å²) >= 11 is 0. The number of hydrogen-bond donors (Lipinski definition) is 9. The summed E-state index contributed by atoms with van der Waals surface area (Å²) in [6.45, 7) is 3.94. The standard InChI is InChI=1S/C19H39NO11/c1-10(2)20-18(28)16(27)17(13(24)6-8-22)30-9-11(3)31-19(29-4)15(26)14(25)12(23)5-7-21/h10-15,18-28H,5-9H2,1-4H3/b17-16+. The van der Waals surface area contributed by atoms with Gasteiger partial charge in [0, 0.05) is 32.8 Å². The van der Waals surface area contributed by atoms with E-state index in [-0.39, 0.29) is 37.9 Å². The second-order valence-corrected chi connectivity index (χ2v) is 7.42. The molecule has 0 aliphatic heterocycles. The second-order valence-electron chi connectivity index (χ2n) is 7.42. The van der Waals surface area contributed by atoms with Crippen molar-refractivity contribution < 1.29 is 55.1 Å². The van der Waals surface area contributed by atoms with Gasteiger partial charge in [0.25, 0.3) is 0 Å². The molecule has 12 nitrogen and oxygen atoms in total. The molecule has 7 unspecified atom stereocenters. The molecule has 12 heteroatoms. The summed E-state index contributed by atoms with van der Waals surface area (Å²) in [6, 6.07) is -0.188. The average molecular weight is 458 g/mol. The smallest absolute Gasteiger partial charge is 0.186 e. The maximum absolute atomic E-state index is 10.3. The summed E-state index contributed by atoms with van der Waals surface area (Å²) in [7, 11) is 1.21. The van der Waals surface area contributed by atoms with Crippen molar-refractivity contribution in [3.63, 3.8) is 0 Å². The van der Waals surface area contributed by atoms with Crippen LogP contribution in [-0.2, 0) is 14.2 Å². The first-order valence-electron chi connectivity index (χ1n) is 10.1. The molecule has 0 spiro atoms. The van der Waals surface area contributed by atoms with E-state index in [2.05, 4.69) is 5.32 Å². The van der Waals surface area contributed by atoms with E-state index in [0.29, 0.717) is 0 Å². The molecular formula is C19H39NO11. The molecule has 0 aromatic heterocycles. The first-order valence-corrected chi connectivity index (χ1v) is 10.1. The summed E-state index contributed by atoms with van der Waals surface area (Å²) < 4.78 is 15.9. The molecule has 0 bridgehead atoms. The monoisotopic (exact) mass is 457 g/mol. The Hall–Kier alpha value is -1.06. The maximum Gasteiger partial charge on any atom is 0.186 e. The highest BCUT2D eigenvalue weighted by molar-refractivity contribution is 5.09. The van der Waals surface area contributed by atoms with Gasteiger partial charge in [-0.15, -0.1) is 0 Å². The van der Waals surface area contributed by atoms with E-state index in [9.17, 15) is 30.6 Å². The third kappa shape index (κ3) is 10.9. The summed E-state index contributed by atoms with van der Waals surface area (Å²) in [5.41, 5.74) is 0. The van der Waals surface area contributed by atoms with Crippen molar-refractivity contribution in [1.29, 1.82) is 0 Å². The largest absolute Gasteiger partial charge is 0.505 e. The third-order valence-electron chi connectivity index (χ3n) is 4.23. The Morgan fingerprint density at radius 1 is 0.903 bits per heavy atom. The summed E-state index contributed by atoms with van der Waals surface area (Å²) in [6.07, 6.45) is -10.1. The zero-order chi connectivity index (χ0) is 24.1. The fourth-order valence-electron chi connectivity index (χ4n) is 2.57. The molecule has 0 fully saturated rings. The van der Waals surface area contributed by atoms with Gasteiger partial charge in [0.2, 0.25) is 0 Å². The number of hydrogen-bond acceptors (Lipinski definition) is 12. The SMILES string of the molecule is COC(OC(C)CO/C(=C(/O)C(O)NC(C)C)C(O)CCO)C(O)C(O)C(O)CCO. The van der Waals surface area contributed by atoms with Crippen LogP contribution >= 0.6 is 0 Å². The second kappa shape index (κ2) is 15.7. The number of aliphatic hydroxyl groups is 8. The van der Waals surface area contributed by atoms with Crippen LogP contribution in [0.2, 0.25) is 0 Å². The molecule has 0 aromatic rings. The Labute approximate surface area is 182 Å². The average Bonchev–Trinajstić information content (AvgIpc) is 2.70. The molecule has 0 heterocycles. The predicted octanol–water partition coefficient (Wildman–Crippen LogP) is -2.32. The Morgan fingerprint density at radius 2 is 1.48 bits per heavy atom. The van der Waals surface area contributed by atoms with Gasteiger partial charge in [-0.25, -0.2) is 0 Å². The van der Waals surface area contributed by atoms with Crippen LogP contribution in [-0.4, -0.2) is 117 Å². The number of rotatable bonds is 17. The Morgan fingerprint density at radius 3 is 1.97 bits per heavy atom. The van der Waals surface area contributed by atoms with Crippen LogP contribution in [0.3, 0.4) is 0 Å². The van der Waals surface area contributed by atoms with E-state index in [1.807, 2.05) is 0 Å². The topological polar surface area (TPSA) is 202 Å². The van der Waals surface area contributed by atoms with Crippen molar-refractivity contribution in [2.75, 3.05) is 26.9 Å².